The second-order valence-corrected chi connectivity index (χ2v) is 8.04. The zero-order valence-electron chi connectivity index (χ0n) is 14.0. The second kappa shape index (κ2) is 6.75. The van der Waals surface area contributed by atoms with Gasteiger partial charge in [-0.1, -0.05) is 12.1 Å². The molecule has 0 fully saturated rings. The molecule has 26 heavy (non-hydrogen) atoms. The Morgan fingerprint density at radius 1 is 1.27 bits per heavy atom. The number of amides is 1. The first kappa shape index (κ1) is 17.9. The number of nitrogens with one attached hydrogen (secondary N) is 1. The second-order valence-electron chi connectivity index (χ2n) is 6.06. The first-order valence-electron chi connectivity index (χ1n) is 7.87. The number of nitrogens with zero attached hydrogens (tertiary/aromatic N) is 2. The van der Waals surface area contributed by atoms with Crippen molar-refractivity contribution >= 4 is 32.8 Å². The van der Waals surface area contributed by atoms with Gasteiger partial charge in [0.2, 0.25) is 5.91 Å². The number of carbonyl (C=O) groups excluding carboxylic acids is 1. The predicted molar refractivity (Wildman–Crippen MR) is 97.2 cm³/mol. The number of non-ortho nitro benzene ring substituents is 1. The van der Waals surface area contributed by atoms with Crippen molar-refractivity contribution in [2.24, 2.45) is 0 Å². The van der Waals surface area contributed by atoms with Gasteiger partial charge in [0.1, 0.15) is 0 Å². The van der Waals surface area contributed by atoms with E-state index in [1.54, 1.807) is 18.2 Å². The Hall–Kier alpha value is -2.94. The summed E-state index contributed by atoms with van der Waals surface area (Å²) in [5.74, 6) is -0.354. The Labute approximate surface area is 150 Å². The third kappa shape index (κ3) is 3.67. The minimum atomic E-state index is -3.46. The molecule has 0 aliphatic carbocycles. The summed E-state index contributed by atoms with van der Waals surface area (Å²) >= 11 is 0. The minimum Gasteiger partial charge on any atom is -0.362 e. The summed E-state index contributed by atoms with van der Waals surface area (Å²) in [6, 6.07) is 10.8. The molecule has 2 aromatic carbocycles. The summed E-state index contributed by atoms with van der Waals surface area (Å²) in [5.41, 5.74) is 1.87. The predicted octanol–water partition coefficient (Wildman–Crippen LogP) is 2.00. The summed E-state index contributed by atoms with van der Waals surface area (Å²) in [7, 11) is -3.46. The number of fused-ring (bicyclic) bond motifs is 1. The lowest BCUT2D eigenvalue weighted by Crippen LogP contribution is -2.32. The zero-order chi connectivity index (χ0) is 18.9. The highest BCUT2D eigenvalue weighted by Crippen LogP contribution is 2.31. The van der Waals surface area contributed by atoms with Crippen LogP contribution in [0.3, 0.4) is 0 Å². The fourth-order valence-corrected chi connectivity index (χ4v) is 3.83. The maximum atomic E-state index is 12.4. The van der Waals surface area contributed by atoms with Gasteiger partial charge in [0, 0.05) is 30.6 Å². The largest absolute Gasteiger partial charge is 0.362 e. The molecule has 0 saturated carbocycles. The van der Waals surface area contributed by atoms with Crippen LogP contribution in [0.4, 0.5) is 17.1 Å². The Kier molecular flexibility index (Phi) is 4.64. The monoisotopic (exact) mass is 375 g/mol. The topological polar surface area (TPSA) is 110 Å². The molecule has 0 aromatic heterocycles. The van der Waals surface area contributed by atoms with Crippen molar-refractivity contribution in [2.75, 3.05) is 29.6 Å². The maximum Gasteiger partial charge on any atom is 0.269 e. The van der Waals surface area contributed by atoms with E-state index < -0.39 is 14.8 Å². The number of anilines is 2. The lowest BCUT2D eigenvalue weighted by atomic mass is 10.1. The number of rotatable bonds is 5. The van der Waals surface area contributed by atoms with Crippen molar-refractivity contribution in [3.05, 3.63) is 58.1 Å². The van der Waals surface area contributed by atoms with Crippen LogP contribution < -0.4 is 10.2 Å². The molecule has 1 heterocycles. The summed E-state index contributed by atoms with van der Waals surface area (Å²) in [5, 5.41) is 13.5. The van der Waals surface area contributed by atoms with Gasteiger partial charge in [-0.2, -0.15) is 0 Å². The van der Waals surface area contributed by atoms with Crippen LogP contribution in [-0.4, -0.2) is 38.6 Å². The van der Waals surface area contributed by atoms with Crippen LogP contribution in [0.15, 0.2) is 47.4 Å². The third-order valence-corrected chi connectivity index (χ3v) is 5.32. The van der Waals surface area contributed by atoms with Crippen molar-refractivity contribution in [1.82, 2.24) is 0 Å². The van der Waals surface area contributed by atoms with E-state index in [0.717, 1.165) is 17.5 Å². The highest BCUT2D eigenvalue weighted by molar-refractivity contribution is 7.90. The van der Waals surface area contributed by atoms with E-state index in [-0.39, 0.29) is 28.7 Å². The molecule has 1 aliphatic rings. The van der Waals surface area contributed by atoms with Crippen LogP contribution in [0.5, 0.6) is 0 Å². The Bertz CT molecular complexity index is 988. The number of carbonyl (C=O) groups is 1. The third-order valence-electron chi connectivity index (χ3n) is 4.16. The summed E-state index contributed by atoms with van der Waals surface area (Å²) in [6.07, 6.45) is 1.70. The van der Waals surface area contributed by atoms with Crippen LogP contribution in [0.1, 0.15) is 5.56 Å². The van der Waals surface area contributed by atoms with Gasteiger partial charge in [0.25, 0.3) is 5.69 Å². The van der Waals surface area contributed by atoms with Gasteiger partial charge in [-0.15, -0.1) is 0 Å². The Morgan fingerprint density at radius 2 is 2.00 bits per heavy atom. The van der Waals surface area contributed by atoms with Gasteiger partial charge in [-0.25, -0.2) is 8.42 Å². The number of hydrogen-bond acceptors (Lipinski definition) is 6. The lowest BCUT2D eigenvalue weighted by molar-refractivity contribution is -0.384. The standard InChI is InChI=1S/C17H17N3O5S/c1-26(24,25)16-5-3-2-4-14(16)18-17(21)11-19-9-8-12-10-13(20(22)23)6-7-15(12)19/h2-7,10H,8-9,11H2,1H3,(H,18,21). The SMILES string of the molecule is CS(=O)(=O)c1ccccc1NC(=O)CN1CCc2cc([N+](=O)[O-])ccc21. The van der Waals surface area contributed by atoms with Crippen molar-refractivity contribution in [2.45, 2.75) is 11.3 Å². The van der Waals surface area contributed by atoms with E-state index >= 15 is 0 Å². The van der Waals surface area contributed by atoms with Crippen LogP contribution in [0.2, 0.25) is 0 Å². The molecule has 0 saturated heterocycles. The molecular weight excluding hydrogens is 358 g/mol. The highest BCUT2D eigenvalue weighted by atomic mass is 32.2. The number of hydrogen-bond donors (Lipinski definition) is 1. The molecule has 3 rings (SSSR count). The number of nitro benzene ring substituents is 1. The van der Waals surface area contributed by atoms with E-state index in [4.69, 9.17) is 0 Å². The van der Waals surface area contributed by atoms with Gasteiger partial charge in [0.05, 0.1) is 22.1 Å². The van der Waals surface area contributed by atoms with Crippen molar-refractivity contribution in [3.8, 4) is 0 Å². The minimum absolute atomic E-state index is 0.0251. The van der Waals surface area contributed by atoms with E-state index in [9.17, 15) is 23.3 Å². The van der Waals surface area contributed by atoms with E-state index in [1.165, 1.54) is 24.3 Å². The fourth-order valence-electron chi connectivity index (χ4n) is 2.99. The quantitative estimate of drug-likeness (QED) is 0.632. The van der Waals surface area contributed by atoms with Gasteiger partial charge < -0.3 is 10.2 Å². The molecule has 8 nitrogen and oxygen atoms in total. The molecule has 1 aliphatic heterocycles. The van der Waals surface area contributed by atoms with Crippen LogP contribution in [0, 0.1) is 10.1 Å². The molecule has 1 N–H and O–H groups in total. The Balaban J connectivity index is 1.75. The molecular formula is C17H17N3O5S. The number of benzene rings is 2. The van der Waals surface area contributed by atoms with Gasteiger partial charge >= 0.3 is 0 Å². The van der Waals surface area contributed by atoms with Crippen LogP contribution in [-0.2, 0) is 21.1 Å². The van der Waals surface area contributed by atoms with E-state index in [2.05, 4.69) is 5.32 Å². The van der Waals surface area contributed by atoms with Crippen molar-refractivity contribution in [1.29, 1.82) is 0 Å². The van der Waals surface area contributed by atoms with Gasteiger partial charge in [-0.05, 0) is 30.2 Å². The lowest BCUT2D eigenvalue weighted by Gasteiger charge is -2.19. The molecule has 0 bridgehead atoms. The molecule has 2 aromatic rings. The average Bonchev–Trinajstić information content (AvgIpc) is 2.96. The summed E-state index contributed by atoms with van der Waals surface area (Å²) in [6.45, 7) is 0.598. The van der Waals surface area contributed by atoms with Crippen LogP contribution in [0.25, 0.3) is 0 Å². The Morgan fingerprint density at radius 3 is 2.69 bits per heavy atom. The molecule has 0 radical (unpaired) electrons. The van der Waals surface area contributed by atoms with E-state index in [1.807, 2.05) is 4.90 Å². The highest BCUT2D eigenvalue weighted by Gasteiger charge is 2.24. The summed E-state index contributed by atoms with van der Waals surface area (Å²) < 4.78 is 23.6. The van der Waals surface area contributed by atoms with Gasteiger partial charge in [-0.3, -0.25) is 14.9 Å². The molecule has 9 heteroatoms. The first-order valence-corrected chi connectivity index (χ1v) is 9.76. The average molecular weight is 375 g/mol. The van der Waals surface area contributed by atoms with Crippen molar-refractivity contribution < 1.29 is 18.1 Å². The first-order chi connectivity index (χ1) is 12.3. The number of nitro groups is 1. The molecule has 136 valence electrons. The fraction of sp³-hybridized carbons (Fsp3) is 0.235. The number of para-hydroxylation sites is 1. The van der Waals surface area contributed by atoms with E-state index in [0.29, 0.717) is 13.0 Å². The number of sulfone groups is 1. The maximum absolute atomic E-state index is 12.4. The molecule has 0 atom stereocenters. The molecule has 1 amide bonds. The normalized spacial score (nSPS) is 13.3. The summed E-state index contributed by atoms with van der Waals surface area (Å²) in [4.78, 5) is 24.7. The zero-order valence-corrected chi connectivity index (χ0v) is 14.8. The molecule has 0 unspecified atom stereocenters. The van der Waals surface area contributed by atoms with Crippen molar-refractivity contribution in [3.63, 3.8) is 0 Å². The van der Waals surface area contributed by atoms with Gasteiger partial charge in [0.15, 0.2) is 9.84 Å². The molecule has 0 spiro atoms. The van der Waals surface area contributed by atoms with Crippen LogP contribution >= 0.6 is 0 Å². The smallest absolute Gasteiger partial charge is 0.269 e.